The summed E-state index contributed by atoms with van der Waals surface area (Å²) >= 11 is 4.86. The van der Waals surface area contributed by atoms with E-state index in [1.54, 1.807) is 11.8 Å². The van der Waals surface area contributed by atoms with Crippen molar-refractivity contribution in [2.24, 2.45) is 0 Å². The van der Waals surface area contributed by atoms with Gasteiger partial charge in [0, 0.05) is 5.33 Å². The molecule has 0 fully saturated rings. The SMILES string of the molecule is CCOC(=O)C(C)(CCBr)SC. The monoisotopic (exact) mass is 254 g/mol. The molecular weight excluding hydrogens is 240 g/mol. The Morgan fingerprint density at radius 3 is 2.58 bits per heavy atom. The van der Waals surface area contributed by atoms with Gasteiger partial charge in [-0.2, -0.15) is 0 Å². The fraction of sp³-hybridized carbons (Fsp3) is 0.875. The molecule has 0 N–H and O–H groups in total. The summed E-state index contributed by atoms with van der Waals surface area (Å²) in [6.45, 7) is 4.20. The number of carbonyl (C=O) groups excluding carboxylic acids is 1. The molecular formula is C8H15BrO2S. The highest BCUT2D eigenvalue weighted by molar-refractivity contribution is 9.09. The molecule has 0 aromatic carbocycles. The van der Waals surface area contributed by atoms with Crippen LogP contribution in [0.1, 0.15) is 20.3 Å². The van der Waals surface area contributed by atoms with Crippen molar-refractivity contribution >= 4 is 33.7 Å². The number of esters is 1. The number of halogens is 1. The van der Waals surface area contributed by atoms with E-state index in [-0.39, 0.29) is 10.7 Å². The van der Waals surface area contributed by atoms with Gasteiger partial charge in [-0.3, -0.25) is 4.79 Å². The summed E-state index contributed by atoms with van der Waals surface area (Å²) in [5.74, 6) is -0.114. The first-order valence-corrected chi connectivity index (χ1v) is 6.23. The van der Waals surface area contributed by atoms with Gasteiger partial charge in [-0.1, -0.05) is 15.9 Å². The zero-order chi connectivity index (χ0) is 9.61. The molecule has 2 nitrogen and oxygen atoms in total. The third-order valence-electron chi connectivity index (χ3n) is 1.73. The van der Waals surface area contributed by atoms with Gasteiger partial charge in [-0.05, 0) is 26.5 Å². The fourth-order valence-corrected chi connectivity index (χ4v) is 2.34. The minimum atomic E-state index is -0.389. The summed E-state index contributed by atoms with van der Waals surface area (Å²) in [4.78, 5) is 11.4. The van der Waals surface area contributed by atoms with Gasteiger partial charge in [0.1, 0.15) is 4.75 Å². The van der Waals surface area contributed by atoms with Crippen molar-refractivity contribution in [3.05, 3.63) is 0 Å². The van der Waals surface area contributed by atoms with Gasteiger partial charge in [0.05, 0.1) is 6.61 Å². The van der Waals surface area contributed by atoms with Crippen molar-refractivity contribution in [2.75, 3.05) is 18.2 Å². The summed E-state index contributed by atoms with van der Waals surface area (Å²) in [6.07, 6.45) is 2.73. The minimum absolute atomic E-state index is 0.114. The lowest BCUT2D eigenvalue weighted by Crippen LogP contribution is -2.33. The maximum Gasteiger partial charge on any atom is 0.321 e. The first kappa shape index (κ1) is 12.3. The lowest BCUT2D eigenvalue weighted by atomic mass is 10.1. The molecule has 0 bridgehead atoms. The number of hydrogen-bond acceptors (Lipinski definition) is 3. The molecule has 0 aliphatic rings. The molecule has 12 heavy (non-hydrogen) atoms. The summed E-state index contributed by atoms with van der Waals surface area (Å²) in [7, 11) is 0. The van der Waals surface area contributed by atoms with Crippen LogP contribution >= 0.6 is 27.7 Å². The first-order valence-electron chi connectivity index (χ1n) is 3.89. The fourth-order valence-electron chi connectivity index (χ4n) is 0.752. The van der Waals surface area contributed by atoms with Crippen LogP contribution in [0.5, 0.6) is 0 Å². The molecule has 0 saturated heterocycles. The van der Waals surface area contributed by atoms with Crippen molar-refractivity contribution in [1.82, 2.24) is 0 Å². The second-order valence-electron chi connectivity index (χ2n) is 2.59. The summed E-state index contributed by atoms with van der Waals surface area (Å²) in [6, 6.07) is 0. The van der Waals surface area contributed by atoms with E-state index in [4.69, 9.17) is 4.74 Å². The average Bonchev–Trinajstić information content (AvgIpc) is 2.05. The van der Waals surface area contributed by atoms with E-state index in [1.807, 2.05) is 20.1 Å². The van der Waals surface area contributed by atoms with Crippen LogP contribution in [0.15, 0.2) is 0 Å². The Balaban J connectivity index is 4.18. The third kappa shape index (κ3) is 3.35. The van der Waals surface area contributed by atoms with Crippen LogP contribution in [-0.2, 0) is 9.53 Å². The Bertz CT molecular complexity index is 152. The number of alkyl halides is 1. The highest BCUT2D eigenvalue weighted by Gasteiger charge is 2.32. The molecule has 4 heteroatoms. The van der Waals surface area contributed by atoms with Crippen molar-refractivity contribution in [1.29, 1.82) is 0 Å². The number of carbonyl (C=O) groups is 1. The molecule has 1 atom stereocenters. The van der Waals surface area contributed by atoms with Gasteiger partial charge in [-0.15, -0.1) is 11.8 Å². The Labute approximate surface area is 86.6 Å². The van der Waals surface area contributed by atoms with E-state index in [1.165, 1.54) is 0 Å². The average molecular weight is 255 g/mol. The van der Waals surface area contributed by atoms with E-state index in [2.05, 4.69) is 15.9 Å². The van der Waals surface area contributed by atoms with E-state index in [0.29, 0.717) is 6.61 Å². The van der Waals surface area contributed by atoms with Crippen LogP contribution in [0.2, 0.25) is 0 Å². The lowest BCUT2D eigenvalue weighted by Gasteiger charge is -2.23. The van der Waals surface area contributed by atoms with E-state index >= 15 is 0 Å². The third-order valence-corrected chi connectivity index (χ3v) is 3.40. The molecule has 0 aliphatic heterocycles. The molecule has 0 saturated carbocycles. The Hall–Kier alpha value is 0.300. The topological polar surface area (TPSA) is 26.3 Å². The lowest BCUT2D eigenvalue weighted by molar-refractivity contribution is -0.145. The number of rotatable bonds is 5. The standard InChI is InChI=1S/C8H15BrO2S/c1-4-11-7(10)8(2,12-3)5-6-9/h4-6H2,1-3H3. The molecule has 0 amide bonds. The normalized spacial score (nSPS) is 15.3. The van der Waals surface area contributed by atoms with E-state index in [0.717, 1.165) is 11.8 Å². The summed E-state index contributed by atoms with van der Waals surface area (Å²) in [5.41, 5.74) is 0. The maximum atomic E-state index is 11.4. The van der Waals surface area contributed by atoms with Gasteiger partial charge in [0.25, 0.3) is 0 Å². The van der Waals surface area contributed by atoms with Crippen LogP contribution < -0.4 is 0 Å². The Morgan fingerprint density at radius 1 is 1.67 bits per heavy atom. The van der Waals surface area contributed by atoms with Gasteiger partial charge >= 0.3 is 5.97 Å². The molecule has 72 valence electrons. The van der Waals surface area contributed by atoms with Crippen molar-refractivity contribution in [3.63, 3.8) is 0 Å². The summed E-state index contributed by atoms with van der Waals surface area (Å²) < 4.78 is 4.58. The number of hydrogen-bond donors (Lipinski definition) is 0. The molecule has 0 heterocycles. The maximum absolute atomic E-state index is 11.4. The molecule has 0 aromatic heterocycles. The molecule has 0 spiro atoms. The molecule has 1 unspecified atom stereocenters. The molecule has 0 aliphatic carbocycles. The quantitative estimate of drug-likeness (QED) is 0.557. The Morgan fingerprint density at radius 2 is 2.25 bits per heavy atom. The molecule has 0 aromatic rings. The van der Waals surface area contributed by atoms with Crippen LogP contribution in [0, 0.1) is 0 Å². The zero-order valence-corrected chi connectivity index (χ0v) is 10.1. The summed E-state index contributed by atoms with van der Waals surface area (Å²) in [5, 5.41) is 0.823. The van der Waals surface area contributed by atoms with Crippen LogP contribution in [-0.4, -0.2) is 28.9 Å². The minimum Gasteiger partial charge on any atom is -0.465 e. The van der Waals surface area contributed by atoms with Crippen LogP contribution in [0.25, 0.3) is 0 Å². The van der Waals surface area contributed by atoms with E-state index in [9.17, 15) is 4.79 Å². The van der Waals surface area contributed by atoms with Crippen molar-refractivity contribution in [2.45, 2.75) is 25.0 Å². The van der Waals surface area contributed by atoms with Crippen LogP contribution in [0.4, 0.5) is 0 Å². The van der Waals surface area contributed by atoms with Crippen molar-refractivity contribution < 1.29 is 9.53 Å². The number of ether oxygens (including phenoxy) is 1. The first-order chi connectivity index (χ1) is 5.60. The van der Waals surface area contributed by atoms with Gasteiger partial charge in [-0.25, -0.2) is 0 Å². The smallest absolute Gasteiger partial charge is 0.321 e. The highest BCUT2D eigenvalue weighted by Crippen LogP contribution is 2.28. The molecule has 0 rings (SSSR count). The largest absolute Gasteiger partial charge is 0.465 e. The highest BCUT2D eigenvalue weighted by atomic mass is 79.9. The predicted molar refractivity (Wildman–Crippen MR) is 57.0 cm³/mol. The van der Waals surface area contributed by atoms with Crippen LogP contribution in [0.3, 0.4) is 0 Å². The zero-order valence-electron chi connectivity index (χ0n) is 7.72. The van der Waals surface area contributed by atoms with Gasteiger partial charge < -0.3 is 4.74 Å². The Kier molecular flexibility index (Phi) is 6.01. The predicted octanol–water partition coefficient (Wildman–Crippen LogP) is 2.46. The van der Waals surface area contributed by atoms with E-state index < -0.39 is 0 Å². The second kappa shape index (κ2) is 5.86. The number of thioether (sulfide) groups is 1. The van der Waals surface area contributed by atoms with Gasteiger partial charge in [0.15, 0.2) is 0 Å². The second-order valence-corrected chi connectivity index (χ2v) is 4.70. The molecule has 0 radical (unpaired) electrons. The van der Waals surface area contributed by atoms with Gasteiger partial charge in [0.2, 0.25) is 0 Å². The van der Waals surface area contributed by atoms with Crippen molar-refractivity contribution in [3.8, 4) is 0 Å².